The average Bonchev–Trinajstić information content (AvgIpc) is 3.40. The van der Waals surface area contributed by atoms with Crippen LogP contribution in [0.5, 0.6) is 0 Å². The molecule has 0 aromatic rings. The number of carbonyl (C=O) groups is 3. The molecule has 0 aliphatic rings. The fraction of sp³-hybridized carbons (Fsp3) is 0.574. The Bertz CT molecular complexity index is 1810. The van der Waals surface area contributed by atoms with Crippen molar-refractivity contribution in [2.45, 2.75) is 206 Å². The third-order valence-corrected chi connectivity index (χ3v) is 11.8. The number of esters is 2. The number of carboxylic acid groups (broad SMARTS) is 1. The van der Waals surface area contributed by atoms with Gasteiger partial charge >= 0.3 is 11.9 Å². The summed E-state index contributed by atoms with van der Waals surface area (Å²) in [5.74, 6) is -2.38. The van der Waals surface area contributed by atoms with E-state index in [1.807, 2.05) is 21.1 Å². The van der Waals surface area contributed by atoms with Crippen LogP contribution in [-0.4, -0.2) is 82.3 Å². The minimum atomic E-state index is -1.65. The van der Waals surface area contributed by atoms with Crippen LogP contribution in [0.1, 0.15) is 194 Å². The Morgan fingerprint density at radius 2 is 0.740 bits per heavy atom. The van der Waals surface area contributed by atoms with E-state index >= 15 is 0 Å². The van der Waals surface area contributed by atoms with Crippen molar-refractivity contribution < 1.29 is 42.9 Å². The van der Waals surface area contributed by atoms with Crippen molar-refractivity contribution >= 4 is 17.9 Å². The Balaban J connectivity index is 4.40. The van der Waals surface area contributed by atoms with Crippen LogP contribution in [0.3, 0.4) is 0 Å². The number of quaternary nitrogens is 1. The zero-order chi connectivity index (χ0) is 56.2. The molecular formula is C68H107NO8. The Hall–Kier alpha value is -5.09. The third-order valence-electron chi connectivity index (χ3n) is 11.8. The van der Waals surface area contributed by atoms with E-state index in [1.54, 1.807) is 0 Å². The first-order chi connectivity index (χ1) is 37.6. The Morgan fingerprint density at radius 1 is 0.403 bits per heavy atom. The predicted molar refractivity (Wildman–Crippen MR) is 324 cm³/mol. The van der Waals surface area contributed by atoms with E-state index in [4.69, 9.17) is 18.9 Å². The number of aliphatic carboxylic acids is 1. The highest BCUT2D eigenvalue weighted by atomic mass is 16.7. The highest BCUT2D eigenvalue weighted by Gasteiger charge is 2.22. The van der Waals surface area contributed by atoms with Crippen LogP contribution in [0.2, 0.25) is 0 Å². The van der Waals surface area contributed by atoms with E-state index in [-0.39, 0.29) is 32.7 Å². The van der Waals surface area contributed by atoms with Crippen LogP contribution in [0, 0.1) is 0 Å². The zero-order valence-corrected chi connectivity index (χ0v) is 49.0. The van der Waals surface area contributed by atoms with E-state index in [0.29, 0.717) is 23.9 Å². The van der Waals surface area contributed by atoms with Gasteiger partial charge in [-0.05, 0) is 128 Å². The summed E-state index contributed by atoms with van der Waals surface area (Å²) in [4.78, 5) is 37.3. The molecule has 77 heavy (non-hydrogen) atoms. The number of nitrogens with zero attached hydrogens (tertiary/aromatic N) is 1. The van der Waals surface area contributed by atoms with Crippen LogP contribution in [0.15, 0.2) is 158 Å². The van der Waals surface area contributed by atoms with Gasteiger partial charge in [-0.2, -0.15) is 0 Å². The Morgan fingerprint density at radius 3 is 1.13 bits per heavy atom. The lowest BCUT2D eigenvalue weighted by Crippen LogP contribution is -2.44. The average molecular weight is 1070 g/mol. The molecule has 0 rings (SSSR count). The Kier molecular flexibility index (Phi) is 53.3. The molecule has 0 saturated carbocycles. The van der Waals surface area contributed by atoms with Crippen molar-refractivity contribution in [2.75, 3.05) is 47.5 Å². The van der Waals surface area contributed by atoms with Crippen LogP contribution < -0.4 is 5.11 Å². The number of hydrogen-bond donors (Lipinski definition) is 0. The summed E-state index contributed by atoms with van der Waals surface area (Å²) < 4.78 is 22.6. The molecule has 0 spiro atoms. The van der Waals surface area contributed by atoms with Crippen molar-refractivity contribution in [3.63, 3.8) is 0 Å². The number of likely N-dealkylation sites (N-methyl/N-ethyl adjacent to an activating group) is 1. The maximum absolute atomic E-state index is 12.9. The second-order valence-electron chi connectivity index (χ2n) is 20.2. The summed E-state index contributed by atoms with van der Waals surface area (Å²) in [6, 6.07) is 0. The van der Waals surface area contributed by atoms with E-state index in [2.05, 4.69) is 172 Å². The van der Waals surface area contributed by atoms with Gasteiger partial charge in [0.2, 0.25) is 0 Å². The van der Waals surface area contributed by atoms with E-state index < -0.39 is 30.3 Å². The first-order valence-corrected chi connectivity index (χ1v) is 29.6. The molecule has 2 atom stereocenters. The highest BCUT2D eigenvalue weighted by molar-refractivity contribution is 5.70. The van der Waals surface area contributed by atoms with Crippen molar-refractivity contribution in [2.24, 2.45) is 0 Å². The number of carbonyl (C=O) groups excluding carboxylic acids is 3. The molecule has 0 aliphatic heterocycles. The molecular weight excluding hydrogens is 959 g/mol. The summed E-state index contributed by atoms with van der Waals surface area (Å²) in [5.41, 5.74) is 0. The summed E-state index contributed by atoms with van der Waals surface area (Å²) in [6.07, 6.45) is 81.5. The maximum Gasteiger partial charge on any atom is 0.306 e. The molecule has 0 N–H and O–H groups in total. The van der Waals surface area contributed by atoms with E-state index in [9.17, 15) is 19.5 Å². The van der Waals surface area contributed by atoms with Gasteiger partial charge < -0.3 is 33.3 Å². The normalized spacial score (nSPS) is 13.9. The molecule has 0 heterocycles. The van der Waals surface area contributed by atoms with Gasteiger partial charge in [0.25, 0.3) is 0 Å². The SMILES string of the molecule is CC/C=C\C/C=C\C/C=C\C/C=C\C/C=C\C/C=C\C/C=C\C/C=C\C/C=C\C/C=C\CCCCC(=O)OC(COC(=O)CCCCCCCC/C=C\C/C=C\C/C=C\CCCCC)COC(OCC[N+](C)(C)C)C(=O)[O-]. The maximum atomic E-state index is 12.9. The van der Waals surface area contributed by atoms with Gasteiger partial charge in [-0.3, -0.25) is 9.59 Å². The van der Waals surface area contributed by atoms with E-state index in [0.717, 1.165) is 128 Å². The fourth-order valence-corrected chi connectivity index (χ4v) is 7.22. The van der Waals surface area contributed by atoms with Gasteiger partial charge in [0.05, 0.1) is 40.3 Å². The fourth-order valence-electron chi connectivity index (χ4n) is 7.22. The van der Waals surface area contributed by atoms with Crippen LogP contribution in [0.25, 0.3) is 0 Å². The highest BCUT2D eigenvalue weighted by Crippen LogP contribution is 2.12. The van der Waals surface area contributed by atoms with Crippen LogP contribution in [-0.2, 0) is 33.3 Å². The lowest BCUT2D eigenvalue weighted by atomic mass is 10.1. The lowest BCUT2D eigenvalue weighted by molar-refractivity contribution is -0.870. The number of carboxylic acids is 1. The minimum absolute atomic E-state index is 0.127. The van der Waals surface area contributed by atoms with Crippen molar-refractivity contribution in [3.05, 3.63) is 158 Å². The Labute approximate surface area is 470 Å². The molecule has 0 saturated heterocycles. The quantitative estimate of drug-likeness (QED) is 0.0195. The zero-order valence-electron chi connectivity index (χ0n) is 49.0. The molecule has 9 nitrogen and oxygen atoms in total. The molecule has 2 unspecified atom stereocenters. The molecule has 0 aromatic heterocycles. The van der Waals surface area contributed by atoms with Gasteiger partial charge in [0, 0.05) is 12.8 Å². The molecule has 0 amide bonds. The monoisotopic (exact) mass is 1070 g/mol. The van der Waals surface area contributed by atoms with Gasteiger partial charge in [-0.15, -0.1) is 0 Å². The lowest BCUT2D eigenvalue weighted by Gasteiger charge is -2.26. The van der Waals surface area contributed by atoms with Gasteiger partial charge in [0.15, 0.2) is 12.4 Å². The summed E-state index contributed by atoms with van der Waals surface area (Å²) >= 11 is 0. The second-order valence-corrected chi connectivity index (χ2v) is 20.2. The number of rotatable bonds is 52. The predicted octanol–water partition coefficient (Wildman–Crippen LogP) is 16.4. The van der Waals surface area contributed by atoms with Gasteiger partial charge in [-0.25, -0.2) is 0 Å². The molecule has 0 radical (unpaired) electrons. The van der Waals surface area contributed by atoms with Crippen molar-refractivity contribution in [1.29, 1.82) is 0 Å². The van der Waals surface area contributed by atoms with Crippen molar-refractivity contribution in [1.82, 2.24) is 0 Å². The summed E-state index contributed by atoms with van der Waals surface area (Å²) in [5, 5.41) is 11.8. The van der Waals surface area contributed by atoms with Crippen LogP contribution >= 0.6 is 0 Å². The molecule has 0 aromatic carbocycles. The standard InChI is InChI=1S/C68H107NO8/c1-6-8-10-12-14-16-18-20-22-24-26-27-28-29-30-31-32-33-34-35-36-37-38-39-41-43-45-47-49-51-53-55-57-59-66(71)77-64(63-76-68(67(72)73)74-61-60-69(3,4)5)62-75-65(70)58-56-54-52-50-48-46-44-42-40-25-23-21-19-17-15-13-11-9-7-2/h8,10,14-17,20-23,26-27,29-30,32-33,35-36,38-40,42-43,45,49,51,64,68H,6-7,9,11-13,18-19,24-25,28,31,34,37,41,44,46-48,50,52-63H2,1-5H3/b10-8-,16-14-,17-15-,22-20-,23-21-,27-26-,30-29-,33-32-,36-35-,39-38-,42-40-,45-43-,51-49-. The largest absolute Gasteiger partial charge is 0.545 e. The van der Waals surface area contributed by atoms with Gasteiger partial charge in [-0.1, -0.05) is 210 Å². The molecule has 0 aliphatic carbocycles. The van der Waals surface area contributed by atoms with Crippen LogP contribution in [0.4, 0.5) is 0 Å². The third kappa shape index (κ3) is 58.4. The number of allylic oxidation sites excluding steroid dienone is 26. The number of hydrogen-bond acceptors (Lipinski definition) is 8. The summed E-state index contributed by atoms with van der Waals surface area (Å²) in [6.45, 7) is 4.51. The topological polar surface area (TPSA) is 111 Å². The van der Waals surface area contributed by atoms with Crippen molar-refractivity contribution in [3.8, 4) is 0 Å². The minimum Gasteiger partial charge on any atom is -0.545 e. The molecule has 0 fully saturated rings. The molecule has 9 heteroatoms. The summed E-state index contributed by atoms with van der Waals surface area (Å²) in [7, 11) is 5.89. The smallest absolute Gasteiger partial charge is 0.306 e. The molecule has 432 valence electrons. The first-order valence-electron chi connectivity index (χ1n) is 29.6. The second kappa shape index (κ2) is 57.1. The van der Waals surface area contributed by atoms with E-state index in [1.165, 1.54) is 25.7 Å². The number of unbranched alkanes of at least 4 members (excludes halogenated alkanes) is 11. The number of ether oxygens (including phenoxy) is 4. The first kappa shape index (κ1) is 71.9. The molecule has 0 bridgehead atoms. The van der Waals surface area contributed by atoms with Gasteiger partial charge in [0.1, 0.15) is 13.2 Å².